The molecule has 0 bridgehead atoms. The van der Waals surface area contributed by atoms with Crippen molar-refractivity contribution in [3.05, 3.63) is 70.6 Å². The van der Waals surface area contributed by atoms with Crippen LogP contribution in [0.4, 0.5) is 13.9 Å². The summed E-state index contributed by atoms with van der Waals surface area (Å²) in [6, 6.07) is 11.0. The van der Waals surface area contributed by atoms with Gasteiger partial charge < -0.3 is 4.74 Å². The number of aromatic nitrogens is 1. The Morgan fingerprint density at radius 1 is 1.15 bits per heavy atom. The predicted octanol–water partition coefficient (Wildman–Crippen LogP) is 4.50. The summed E-state index contributed by atoms with van der Waals surface area (Å²) >= 11 is 1.21. The summed E-state index contributed by atoms with van der Waals surface area (Å²) in [4.78, 5) is 16.7. The molecule has 0 spiro atoms. The Bertz CT molecular complexity index is 1030. The maximum Gasteiger partial charge on any atom is 0.256 e. The van der Waals surface area contributed by atoms with Crippen LogP contribution in [-0.4, -0.2) is 17.5 Å². The van der Waals surface area contributed by atoms with Crippen LogP contribution in [0.3, 0.4) is 0 Å². The molecule has 1 amide bonds. The Balaban J connectivity index is 1.52. The van der Waals surface area contributed by atoms with Gasteiger partial charge in [-0.05, 0) is 30.3 Å². The third kappa shape index (κ3) is 3.21. The van der Waals surface area contributed by atoms with Gasteiger partial charge in [0.2, 0.25) is 0 Å². The van der Waals surface area contributed by atoms with Crippen molar-refractivity contribution in [2.75, 3.05) is 11.9 Å². The summed E-state index contributed by atoms with van der Waals surface area (Å²) in [6.45, 7) is 0.171. The second kappa shape index (κ2) is 6.68. The summed E-state index contributed by atoms with van der Waals surface area (Å²) in [6.07, 6.45) is 1.78. The van der Waals surface area contributed by atoms with E-state index in [2.05, 4.69) is 10.3 Å². The van der Waals surface area contributed by atoms with Crippen LogP contribution < -0.4 is 10.1 Å². The largest absolute Gasteiger partial charge is 0.488 e. The van der Waals surface area contributed by atoms with Gasteiger partial charge in [0.25, 0.3) is 5.91 Å². The fourth-order valence-corrected chi connectivity index (χ4v) is 3.26. The molecule has 0 saturated heterocycles. The molecule has 4 rings (SSSR count). The highest BCUT2D eigenvalue weighted by molar-refractivity contribution is 7.14. The lowest BCUT2D eigenvalue weighted by molar-refractivity contribution is -0.113. The Kier molecular flexibility index (Phi) is 4.22. The molecule has 0 fully saturated rings. The highest BCUT2D eigenvalue weighted by Crippen LogP contribution is 2.28. The van der Waals surface area contributed by atoms with Crippen molar-refractivity contribution in [2.45, 2.75) is 0 Å². The van der Waals surface area contributed by atoms with Gasteiger partial charge in [0.15, 0.2) is 16.8 Å². The minimum absolute atomic E-state index is 0.171. The van der Waals surface area contributed by atoms with Crippen LogP contribution in [0.25, 0.3) is 17.3 Å². The van der Waals surface area contributed by atoms with E-state index in [-0.39, 0.29) is 12.5 Å². The summed E-state index contributed by atoms with van der Waals surface area (Å²) < 4.78 is 32.0. The molecule has 0 saturated carbocycles. The van der Waals surface area contributed by atoms with Crippen molar-refractivity contribution in [1.29, 1.82) is 0 Å². The number of fused-ring (bicyclic) bond motifs is 1. The molecule has 26 heavy (non-hydrogen) atoms. The number of anilines is 1. The van der Waals surface area contributed by atoms with Gasteiger partial charge in [-0.2, -0.15) is 0 Å². The van der Waals surface area contributed by atoms with Gasteiger partial charge in [-0.15, -0.1) is 11.3 Å². The molecule has 0 unspecified atom stereocenters. The molecule has 1 aliphatic heterocycles. The van der Waals surface area contributed by atoms with Crippen LogP contribution in [0.15, 0.2) is 53.4 Å². The first-order chi connectivity index (χ1) is 12.6. The maximum atomic E-state index is 13.4. The van der Waals surface area contributed by atoms with E-state index >= 15 is 0 Å². The standard InChI is InChI=1S/C19H12F2N2O2S/c20-14-6-5-11(8-15(14)21)16-10-26-19(22-16)23-18(24)13-7-12-3-1-2-4-17(12)25-9-13/h1-8,10H,9H2,(H,22,23,24). The van der Waals surface area contributed by atoms with E-state index in [1.54, 1.807) is 11.5 Å². The van der Waals surface area contributed by atoms with Crippen molar-refractivity contribution >= 4 is 28.5 Å². The minimum atomic E-state index is -0.940. The van der Waals surface area contributed by atoms with Crippen LogP contribution in [0.2, 0.25) is 0 Å². The zero-order valence-electron chi connectivity index (χ0n) is 13.3. The monoisotopic (exact) mass is 370 g/mol. The molecule has 4 nitrogen and oxygen atoms in total. The van der Waals surface area contributed by atoms with Crippen molar-refractivity contribution < 1.29 is 18.3 Å². The zero-order valence-corrected chi connectivity index (χ0v) is 14.1. The Labute approximate surface area is 151 Å². The highest BCUT2D eigenvalue weighted by Gasteiger charge is 2.18. The number of hydrogen-bond donors (Lipinski definition) is 1. The maximum absolute atomic E-state index is 13.4. The van der Waals surface area contributed by atoms with Gasteiger partial charge in [0, 0.05) is 16.5 Å². The molecule has 130 valence electrons. The first-order valence-electron chi connectivity index (χ1n) is 7.75. The first kappa shape index (κ1) is 16.4. The van der Waals surface area contributed by atoms with E-state index < -0.39 is 11.6 Å². The summed E-state index contributed by atoms with van der Waals surface area (Å²) in [5.41, 5.74) is 2.22. The molecule has 0 aliphatic carbocycles. The van der Waals surface area contributed by atoms with Crippen molar-refractivity contribution in [3.8, 4) is 17.0 Å². The smallest absolute Gasteiger partial charge is 0.256 e. The number of nitrogens with zero attached hydrogens (tertiary/aromatic N) is 1. The molecule has 1 N–H and O–H groups in total. The third-order valence-electron chi connectivity index (χ3n) is 3.86. The molecule has 3 aromatic rings. The minimum Gasteiger partial charge on any atom is -0.488 e. The molecule has 1 aliphatic rings. The zero-order chi connectivity index (χ0) is 18.1. The van der Waals surface area contributed by atoms with Crippen molar-refractivity contribution in [1.82, 2.24) is 4.98 Å². The van der Waals surface area contributed by atoms with E-state index in [0.29, 0.717) is 22.0 Å². The molecular weight excluding hydrogens is 358 g/mol. The number of para-hydroxylation sites is 1. The van der Waals surface area contributed by atoms with Crippen LogP contribution in [0.5, 0.6) is 5.75 Å². The number of thiazole rings is 1. The number of benzene rings is 2. The fraction of sp³-hybridized carbons (Fsp3) is 0.0526. The van der Waals surface area contributed by atoms with Gasteiger partial charge in [0.1, 0.15) is 12.4 Å². The summed E-state index contributed by atoms with van der Waals surface area (Å²) in [7, 11) is 0. The number of rotatable bonds is 3. The second-order valence-corrected chi connectivity index (χ2v) is 6.48. The van der Waals surface area contributed by atoms with Gasteiger partial charge in [-0.1, -0.05) is 18.2 Å². The van der Waals surface area contributed by atoms with Crippen molar-refractivity contribution in [3.63, 3.8) is 0 Å². The van der Waals surface area contributed by atoms with Gasteiger partial charge in [-0.3, -0.25) is 10.1 Å². The normalized spacial score (nSPS) is 12.8. The molecule has 1 aromatic heterocycles. The van der Waals surface area contributed by atoms with E-state index in [1.165, 1.54) is 17.4 Å². The topological polar surface area (TPSA) is 51.2 Å². The van der Waals surface area contributed by atoms with Crippen LogP contribution >= 0.6 is 11.3 Å². The predicted molar refractivity (Wildman–Crippen MR) is 96.0 cm³/mol. The lowest BCUT2D eigenvalue weighted by Gasteiger charge is -2.16. The fourth-order valence-electron chi connectivity index (χ4n) is 2.54. The highest BCUT2D eigenvalue weighted by atomic mass is 32.1. The van der Waals surface area contributed by atoms with Gasteiger partial charge in [0.05, 0.1) is 11.3 Å². The molecule has 2 heterocycles. The van der Waals surface area contributed by atoms with Gasteiger partial charge >= 0.3 is 0 Å². The van der Waals surface area contributed by atoms with E-state index in [9.17, 15) is 13.6 Å². The number of nitrogens with one attached hydrogen (secondary N) is 1. The lowest BCUT2D eigenvalue weighted by Crippen LogP contribution is -2.21. The van der Waals surface area contributed by atoms with Crippen LogP contribution in [0, 0.1) is 11.6 Å². The SMILES string of the molecule is O=C(Nc1nc(-c2ccc(F)c(F)c2)cs1)C1=Cc2ccccc2OC1. The molecule has 7 heteroatoms. The summed E-state index contributed by atoms with van der Waals surface area (Å²) in [5.74, 6) is -1.43. The van der Waals surface area contributed by atoms with Crippen LogP contribution in [0.1, 0.15) is 5.56 Å². The number of halogens is 2. The first-order valence-corrected chi connectivity index (χ1v) is 8.63. The van der Waals surface area contributed by atoms with Gasteiger partial charge in [-0.25, -0.2) is 13.8 Å². The van der Waals surface area contributed by atoms with E-state index in [0.717, 1.165) is 23.4 Å². The number of carbonyl (C=O) groups excluding carboxylic acids is 1. The number of amides is 1. The Morgan fingerprint density at radius 2 is 2.00 bits per heavy atom. The Hall–Kier alpha value is -3.06. The lowest BCUT2D eigenvalue weighted by atomic mass is 10.1. The number of ether oxygens (including phenoxy) is 1. The van der Waals surface area contributed by atoms with E-state index in [4.69, 9.17) is 4.74 Å². The average Bonchev–Trinajstić information content (AvgIpc) is 3.12. The van der Waals surface area contributed by atoms with E-state index in [1.807, 2.05) is 24.3 Å². The molecule has 2 aromatic carbocycles. The summed E-state index contributed by atoms with van der Waals surface area (Å²) in [5, 5.41) is 4.75. The number of hydrogen-bond acceptors (Lipinski definition) is 4. The number of carbonyl (C=O) groups is 1. The molecule has 0 atom stereocenters. The third-order valence-corrected chi connectivity index (χ3v) is 4.62. The second-order valence-electron chi connectivity index (χ2n) is 5.62. The average molecular weight is 370 g/mol. The van der Waals surface area contributed by atoms with Crippen LogP contribution in [-0.2, 0) is 4.79 Å². The quantitative estimate of drug-likeness (QED) is 0.738. The van der Waals surface area contributed by atoms with Crippen molar-refractivity contribution in [2.24, 2.45) is 0 Å². The Morgan fingerprint density at radius 3 is 2.85 bits per heavy atom. The molecule has 0 radical (unpaired) electrons. The molecular formula is C19H12F2N2O2S.